The Bertz CT molecular complexity index is 938. The van der Waals surface area contributed by atoms with Gasteiger partial charge in [-0.15, -0.1) is 0 Å². The number of allylic oxidation sites excluding steroid dienone is 1. The van der Waals surface area contributed by atoms with Crippen LogP contribution < -0.4 is 10.1 Å². The smallest absolute Gasteiger partial charge is 0.244 e. The number of hydrogen-bond acceptors (Lipinski definition) is 5. The molecule has 7 heteroatoms. The van der Waals surface area contributed by atoms with Crippen molar-refractivity contribution >= 4 is 35.0 Å². The number of carbonyl (C=O) groups excluding carboxylic acids is 3. The largest absolute Gasteiger partial charge is 0.497 e. The summed E-state index contributed by atoms with van der Waals surface area (Å²) in [7, 11) is 1.57. The molecule has 0 unspecified atom stereocenters. The first-order valence-corrected chi connectivity index (χ1v) is 9.65. The lowest BCUT2D eigenvalue weighted by Crippen LogP contribution is -2.34. The maximum absolute atomic E-state index is 12.6. The molecule has 0 atom stereocenters. The van der Waals surface area contributed by atoms with Crippen LogP contribution in [0.15, 0.2) is 59.6 Å². The number of carbonyl (C=O) groups is 3. The summed E-state index contributed by atoms with van der Waals surface area (Å²) in [5, 5.41) is 3.23. The third-order valence-electron chi connectivity index (χ3n) is 4.25. The molecule has 2 aromatic carbocycles. The van der Waals surface area contributed by atoms with Crippen molar-refractivity contribution in [1.82, 2.24) is 4.90 Å². The van der Waals surface area contributed by atoms with E-state index in [1.165, 1.54) is 22.7 Å². The normalized spacial score (nSPS) is 15.0. The van der Waals surface area contributed by atoms with E-state index in [0.29, 0.717) is 22.0 Å². The lowest BCUT2D eigenvalue weighted by atomic mass is 10.1. The van der Waals surface area contributed by atoms with Crippen LogP contribution in [0.3, 0.4) is 0 Å². The molecule has 0 radical (unpaired) electrons. The molecule has 2 aromatic rings. The topological polar surface area (TPSA) is 75.7 Å². The number of thioether (sulfide) groups is 1. The Morgan fingerprint density at radius 3 is 2.57 bits per heavy atom. The highest BCUT2D eigenvalue weighted by Gasteiger charge is 2.29. The zero-order valence-corrected chi connectivity index (χ0v) is 16.4. The Labute approximate surface area is 167 Å². The summed E-state index contributed by atoms with van der Waals surface area (Å²) in [6, 6.07) is 14.2. The molecule has 2 amide bonds. The van der Waals surface area contributed by atoms with Gasteiger partial charge in [-0.3, -0.25) is 19.3 Å². The quantitative estimate of drug-likeness (QED) is 0.599. The second-order valence-corrected chi connectivity index (χ2v) is 7.20. The molecule has 1 heterocycles. The number of nitrogens with zero attached hydrogens (tertiary/aromatic N) is 1. The van der Waals surface area contributed by atoms with Crippen LogP contribution in [0.1, 0.15) is 15.9 Å². The van der Waals surface area contributed by atoms with Crippen molar-refractivity contribution < 1.29 is 19.1 Å². The van der Waals surface area contributed by atoms with Crippen molar-refractivity contribution in [3.63, 3.8) is 0 Å². The van der Waals surface area contributed by atoms with Crippen LogP contribution in [-0.2, 0) is 9.59 Å². The average Bonchev–Trinajstić information content (AvgIpc) is 3.02. The van der Waals surface area contributed by atoms with E-state index in [1.54, 1.807) is 43.5 Å². The first kappa shape index (κ1) is 19.7. The second-order valence-electron chi connectivity index (χ2n) is 6.21. The van der Waals surface area contributed by atoms with Crippen LogP contribution in [-0.4, -0.2) is 41.9 Å². The summed E-state index contributed by atoms with van der Waals surface area (Å²) < 4.78 is 5.08. The minimum atomic E-state index is -0.338. The van der Waals surface area contributed by atoms with Gasteiger partial charge in [0, 0.05) is 17.3 Å². The highest BCUT2D eigenvalue weighted by atomic mass is 32.2. The fourth-order valence-corrected chi connectivity index (χ4v) is 3.70. The Morgan fingerprint density at radius 2 is 1.89 bits per heavy atom. The van der Waals surface area contributed by atoms with E-state index in [4.69, 9.17) is 4.74 Å². The van der Waals surface area contributed by atoms with E-state index in [1.807, 2.05) is 19.1 Å². The van der Waals surface area contributed by atoms with Gasteiger partial charge in [0.2, 0.25) is 11.8 Å². The van der Waals surface area contributed by atoms with E-state index in [9.17, 15) is 14.4 Å². The van der Waals surface area contributed by atoms with Crippen LogP contribution in [0.4, 0.5) is 5.69 Å². The minimum Gasteiger partial charge on any atom is -0.497 e. The maximum atomic E-state index is 12.6. The van der Waals surface area contributed by atoms with Crippen LogP contribution in [0.25, 0.3) is 0 Å². The second kappa shape index (κ2) is 8.75. The standard InChI is InChI=1S/C21H20N2O4S/c1-14-5-3-4-6-17(14)18(24)11-21-23(20(26)13-28-21)12-19(25)22-15-7-9-16(27-2)10-8-15/h3-11H,12-13H2,1-2H3,(H,22,25)/b21-11-. The predicted octanol–water partition coefficient (Wildman–Crippen LogP) is 3.24. The summed E-state index contributed by atoms with van der Waals surface area (Å²) in [6.45, 7) is 1.71. The van der Waals surface area contributed by atoms with Crippen molar-refractivity contribution in [3.8, 4) is 5.75 Å². The van der Waals surface area contributed by atoms with E-state index in [2.05, 4.69) is 5.32 Å². The minimum absolute atomic E-state index is 0.148. The Morgan fingerprint density at radius 1 is 1.18 bits per heavy atom. The lowest BCUT2D eigenvalue weighted by Gasteiger charge is -2.17. The lowest BCUT2D eigenvalue weighted by molar-refractivity contribution is -0.129. The molecule has 28 heavy (non-hydrogen) atoms. The average molecular weight is 396 g/mol. The Kier molecular flexibility index (Phi) is 6.16. The van der Waals surface area contributed by atoms with E-state index in [-0.39, 0.29) is 29.9 Å². The number of amides is 2. The Hall–Kier alpha value is -3.06. The zero-order chi connectivity index (χ0) is 20.1. The van der Waals surface area contributed by atoms with Crippen molar-refractivity contribution in [2.75, 3.05) is 24.7 Å². The summed E-state index contributed by atoms with van der Waals surface area (Å²) >= 11 is 1.26. The molecule has 6 nitrogen and oxygen atoms in total. The highest BCUT2D eigenvalue weighted by molar-refractivity contribution is 8.04. The first-order valence-electron chi connectivity index (χ1n) is 8.66. The van der Waals surface area contributed by atoms with Gasteiger partial charge in [0.1, 0.15) is 12.3 Å². The van der Waals surface area contributed by atoms with Gasteiger partial charge in [0.15, 0.2) is 5.78 Å². The molecule has 1 fully saturated rings. The third-order valence-corrected chi connectivity index (χ3v) is 5.28. The summed E-state index contributed by atoms with van der Waals surface area (Å²) in [5.41, 5.74) is 2.05. The molecule has 144 valence electrons. The number of aryl methyl sites for hydroxylation is 1. The summed E-state index contributed by atoms with van der Waals surface area (Å²) in [5.74, 6) is 0.178. The fraction of sp³-hybridized carbons (Fsp3) is 0.190. The van der Waals surface area contributed by atoms with E-state index in [0.717, 1.165) is 5.56 Å². The van der Waals surface area contributed by atoms with Gasteiger partial charge >= 0.3 is 0 Å². The van der Waals surface area contributed by atoms with Gasteiger partial charge in [-0.25, -0.2) is 0 Å². The van der Waals surface area contributed by atoms with Crippen LogP contribution >= 0.6 is 11.8 Å². The Balaban J connectivity index is 1.70. The fourth-order valence-electron chi connectivity index (χ4n) is 2.76. The molecule has 1 saturated heterocycles. The van der Waals surface area contributed by atoms with Crippen molar-refractivity contribution in [3.05, 3.63) is 70.8 Å². The zero-order valence-electron chi connectivity index (χ0n) is 15.6. The number of benzene rings is 2. The number of ether oxygens (including phenoxy) is 1. The molecule has 1 N–H and O–H groups in total. The van der Waals surface area contributed by atoms with Crippen LogP contribution in [0, 0.1) is 6.92 Å². The van der Waals surface area contributed by atoms with Gasteiger partial charge in [0.05, 0.1) is 17.9 Å². The molecule has 0 aliphatic carbocycles. The number of methoxy groups -OCH3 is 1. The van der Waals surface area contributed by atoms with Gasteiger partial charge in [-0.1, -0.05) is 36.0 Å². The monoisotopic (exact) mass is 396 g/mol. The van der Waals surface area contributed by atoms with E-state index < -0.39 is 0 Å². The maximum Gasteiger partial charge on any atom is 0.244 e. The summed E-state index contributed by atoms with van der Waals surface area (Å²) in [4.78, 5) is 38.5. The van der Waals surface area contributed by atoms with Crippen molar-refractivity contribution in [2.45, 2.75) is 6.92 Å². The SMILES string of the molecule is COc1ccc(NC(=O)CN2C(=O)CS/C2=C\C(=O)c2ccccc2C)cc1. The molecular weight excluding hydrogens is 376 g/mol. The van der Waals surface area contributed by atoms with Gasteiger partial charge in [0.25, 0.3) is 0 Å². The number of nitrogens with one attached hydrogen (secondary N) is 1. The third kappa shape index (κ3) is 4.61. The van der Waals surface area contributed by atoms with Gasteiger partial charge < -0.3 is 10.1 Å². The summed E-state index contributed by atoms with van der Waals surface area (Å²) in [6.07, 6.45) is 1.43. The van der Waals surface area contributed by atoms with E-state index >= 15 is 0 Å². The van der Waals surface area contributed by atoms with Gasteiger partial charge in [-0.05, 0) is 36.8 Å². The highest BCUT2D eigenvalue weighted by Crippen LogP contribution is 2.29. The van der Waals surface area contributed by atoms with Gasteiger partial charge in [-0.2, -0.15) is 0 Å². The number of rotatable bonds is 6. The van der Waals surface area contributed by atoms with Crippen molar-refractivity contribution in [1.29, 1.82) is 0 Å². The molecular formula is C21H20N2O4S. The molecule has 0 aromatic heterocycles. The molecule has 0 bridgehead atoms. The number of hydrogen-bond donors (Lipinski definition) is 1. The molecule has 0 saturated carbocycles. The molecule has 3 rings (SSSR count). The van der Waals surface area contributed by atoms with Crippen LogP contribution in [0.5, 0.6) is 5.75 Å². The molecule has 1 aliphatic rings. The van der Waals surface area contributed by atoms with Crippen molar-refractivity contribution in [2.24, 2.45) is 0 Å². The number of anilines is 1. The molecule has 0 spiro atoms. The number of ketones is 1. The molecule has 1 aliphatic heterocycles. The van der Waals surface area contributed by atoms with Crippen LogP contribution in [0.2, 0.25) is 0 Å². The predicted molar refractivity (Wildman–Crippen MR) is 109 cm³/mol. The first-order chi connectivity index (χ1) is 13.5.